The summed E-state index contributed by atoms with van der Waals surface area (Å²) >= 11 is 0. The minimum atomic E-state index is -0.256. The first-order valence-corrected chi connectivity index (χ1v) is 10.5. The number of nitrogens with two attached hydrogens (primary N) is 1. The highest BCUT2D eigenvalue weighted by Crippen LogP contribution is 2.18. The van der Waals surface area contributed by atoms with Crippen molar-refractivity contribution in [2.75, 3.05) is 19.6 Å². The van der Waals surface area contributed by atoms with Gasteiger partial charge in [0.25, 0.3) is 0 Å². The molecule has 1 aromatic heterocycles. The molecule has 4 nitrogen and oxygen atoms in total. The third-order valence-electron chi connectivity index (χ3n) is 6.01. The van der Waals surface area contributed by atoms with Crippen molar-refractivity contribution >= 4 is 11.0 Å². The predicted molar refractivity (Wildman–Crippen MR) is 111 cm³/mol. The minimum absolute atomic E-state index is 0.256. The van der Waals surface area contributed by atoms with Crippen molar-refractivity contribution in [3.63, 3.8) is 0 Å². The number of rotatable bonds is 7. The van der Waals surface area contributed by atoms with Gasteiger partial charge in [-0.3, -0.25) is 0 Å². The van der Waals surface area contributed by atoms with E-state index in [0.29, 0.717) is 11.6 Å². The highest BCUT2D eigenvalue weighted by molar-refractivity contribution is 5.80. The second kappa shape index (κ2) is 8.72. The van der Waals surface area contributed by atoms with Gasteiger partial charge in [0.05, 0.1) is 13.1 Å². The van der Waals surface area contributed by atoms with E-state index in [9.17, 15) is 4.79 Å². The van der Waals surface area contributed by atoms with E-state index >= 15 is 0 Å². The molecule has 1 fully saturated rings. The van der Waals surface area contributed by atoms with Crippen molar-refractivity contribution in [3.05, 3.63) is 81.7 Å². The van der Waals surface area contributed by atoms with Gasteiger partial charge < -0.3 is 14.6 Å². The standard InChI is InChI=1S/C24H28N2O2/c1-2-18-10-11-21-20(15-24(27)28-23(21)14-18)16-25-17-22(26-12-6-7-13-26)19-8-4-3-5-9-19/h3-5,8-11,14-15,22,25H,2,6-7,12-13,16-17H2,1H3/p+2/t22-/m0/s1. The number of likely N-dealkylation sites (tertiary alicyclic amines) is 1. The number of benzene rings is 2. The van der Waals surface area contributed by atoms with Crippen molar-refractivity contribution < 1.29 is 14.6 Å². The van der Waals surface area contributed by atoms with Crippen LogP contribution in [0.4, 0.5) is 0 Å². The average molecular weight is 379 g/mol. The van der Waals surface area contributed by atoms with E-state index in [1.807, 2.05) is 6.07 Å². The topological polar surface area (TPSA) is 51.3 Å². The largest absolute Gasteiger partial charge is 0.423 e. The number of fused-ring (bicyclic) bond motifs is 1. The molecule has 1 atom stereocenters. The smallest absolute Gasteiger partial charge is 0.336 e. The molecule has 0 spiro atoms. The van der Waals surface area contributed by atoms with Crippen LogP contribution in [-0.2, 0) is 13.0 Å². The summed E-state index contributed by atoms with van der Waals surface area (Å²) in [5, 5.41) is 3.41. The molecular weight excluding hydrogens is 348 g/mol. The Kier molecular flexibility index (Phi) is 5.89. The lowest BCUT2D eigenvalue weighted by atomic mass is 10.0. The van der Waals surface area contributed by atoms with Crippen molar-refractivity contribution in [1.29, 1.82) is 0 Å². The van der Waals surface area contributed by atoms with Crippen LogP contribution in [0.3, 0.4) is 0 Å². The Labute approximate surface area is 166 Å². The number of quaternary nitrogens is 2. The van der Waals surface area contributed by atoms with Crippen LogP contribution in [0.25, 0.3) is 11.0 Å². The van der Waals surface area contributed by atoms with Crippen LogP contribution in [-0.4, -0.2) is 19.6 Å². The molecule has 0 bridgehead atoms. The molecule has 0 unspecified atom stereocenters. The first-order chi connectivity index (χ1) is 13.7. The van der Waals surface area contributed by atoms with Crippen LogP contribution in [0.15, 0.2) is 63.8 Å². The summed E-state index contributed by atoms with van der Waals surface area (Å²) in [6.07, 6.45) is 3.58. The summed E-state index contributed by atoms with van der Waals surface area (Å²) in [6, 6.07) is 19.3. The van der Waals surface area contributed by atoms with Gasteiger partial charge in [-0.2, -0.15) is 0 Å². The SMILES string of the molecule is CCc1ccc2c(C[NH2+]C[C@@H](c3ccccc3)[NH+]3CCCC3)cc(=O)oc2c1. The second-order valence-electron chi connectivity index (χ2n) is 7.83. The van der Waals surface area contributed by atoms with E-state index < -0.39 is 0 Å². The van der Waals surface area contributed by atoms with Crippen molar-refractivity contribution in [3.8, 4) is 0 Å². The fourth-order valence-corrected chi connectivity index (χ4v) is 4.47. The molecule has 1 aliphatic heterocycles. The number of nitrogens with one attached hydrogen (secondary N) is 1. The maximum Gasteiger partial charge on any atom is 0.336 e. The summed E-state index contributed by atoms with van der Waals surface area (Å²) in [6.45, 7) is 6.44. The molecule has 1 saturated heterocycles. The molecule has 2 heterocycles. The lowest BCUT2D eigenvalue weighted by Crippen LogP contribution is -3.13. The van der Waals surface area contributed by atoms with E-state index in [4.69, 9.17) is 4.42 Å². The third-order valence-corrected chi connectivity index (χ3v) is 6.01. The van der Waals surface area contributed by atoms with E-state index in [2.05, 4.69) is 54.7 Å². The summed E-state index contributed by atoms with van der Waals surface area (Å²) in [5.41, 5.74) is 4.13. The second-order valence-corrected chi connectivity index (χ2v) is 7.83. The molecule has 0 radical (unpaired) electrons. The Hall–Kier alpha value is -2.43. The Bertz CT molecular complexity index is 975. The van der Waals surface area contributed by atoms with Crippen LogP contribution in [0, 0.1) is 0 Å². The lowest BCUT2D eigenvalue weighted by Gasteiger charge is -2.23. The quantitative estimate of drug-likeness (QED) is 0.617. The van der Waals surface area contributed by atoms with Gasteiger partial charge in [-0.15, -0.1) is 0 Å². The maximum atomic E-state index is 12.0. The number of hydrogen-bond donors (Lipinski definition) is 2. The molecule has 4 heteroatoms. The molecule has 2 aromatic carbocycles. The summed E-state index contributed by atoms with van der Waals surface area (Å²) in [5.74, 6) is 0. The molecule has 4 rings (SSSR count). The van der Waals surface area contributed by atoms with Gasteiger partial charge in [0.1, 0.15) is 18.7 Å². The van der Waals surface area contributed by atoms with Gasteiger partial charge in [-0.05, 0) is 18.1 Å². The van der Waals surface area contributed by atoms with E-state index in [1.54, 1.807) is 11.0 Å². The normalized spacial score (nSPS) is 15.9. The van der Waals surface area contributed by atoms with Crippen LogP contribution < -0.4 is 15.8 Å². The summed E-state index contributed by atoms with van der Waals surface area (Å²) in [4.78, 5) is 13.7. The van der Waals surface area contributed by atoms with Crippen molar-refractivity contribution in [2.24, 2.45) is 0 Å². The van der Waals surface area contributed by atoms with Crippen molar-refractivity contribution in [2.45, 2.75) is 38.8 Å². The van der Waals surface area contributed by atoms with Gasteiger partial charge in [-0.25, -0.2) is 4.79 Å². The van der Waals surface area contributed by atoms with Gasteiger partial charge >= 0.3 is 5.63 Å². The fourth-order valence-electron chi connectivity index (χ4n) is 4.47. The molecule has 3 aromatic rings. The van der Waals surface area contributed by atoms with Crippen LogP contribution >= 0.6 is 0 Å². The highest BCUT2D eigenvalue weighted by atomic mass is 16.4. The van der Waals surface area contributed by atoms with Gasteiger partial charge in [0.2, 0.25) is 0 Å². The first-order valence-electron chi connectivity index (χ1n) is 10.5. The van der Waals surface area contributed by atoms with Crippen LogP contribution in [0.1, 0.15) is 42.5 Å². The Morgan fingerprint density at radius 2 is 1.86 bits per heavy atom. The number of aryl methyl sites for hydroxylation is 1. The van der Waals surface area contributed by atoms with Crippen LogP contribution in [0.2, 0.25) is 0 Å². The minimum Gasteiger partial charge on any atom is -0.423 e. The van der Waals surface area contributed by atoms with Crippen molar-refractivity contribution in [1.82, 2.24) is 0 Å². The van der Waals surface area contributed by atoms with Gasteiger partial charge in [0, 0.05) is 35.4 Å². The zero-order valence-corrected chi connectivity index (χ0v) is 16.6. The molecule has 3 N–H and O–H groups in total. The van der Waals surface area contributed by atoms with E-state index in [0.717, 1.165) is 30.5 Å². The molecule has 146 valence electrons. The fraction of sp³-hybridized carbons (Fsp3) is 0.375. The molecular formula is C24H30N2O2+2. The van der Waals surface area contributed by atoms with Gasteiger partial charge in [0.15, 0.2) is 6.04 Å². The maximum absolute atomic E-state index is 12.0. The molecule has 0 saturated carbocycles. The van der Waals surface area contributed by atoms with E-state index in [1.165, 1.54) is 37.1 Å². The third kappa shape index (κ3) is 4.18. The molecule has 0 amide bonds. The molecule has 1 aliphatic rings. The average Bonchev–Trinajstić information content (AvgIpc) is 3.25. The Balaban J connectivity index is 1.52. The first kappa shape index (κ1) is 18.9. The molecule has 0 aliphatic carbocycles. The van der Waals surface area contributed by atoms with Gasteiger partial charge in [-0.1, -0.05) is 49.4 Å². The predicted octanol–water partition coefficient (Wildman–Crippen LogP) is 1.84. The zero-order valence-electron chi connectivity index (χ0n) is 16.6. The Morgan fingerprint density at radius 1 is 1.07 bits per heavy atom. The van der Waals surface area contributed by atoms with Crippen LogP contribution in [0.5, 0.6) is 0 Å². The summed E-state index contributed by atoms with van der Waals surface area (Å²) in [7, 11) is 0. The lowest BCUT2D eigenvalue weighted by molar-refractivity contribution is -0.935. The molecule has 28 heavy (non-hydrogen) atoms. The zero-order chi connectivity index (χ0) is 19.3. The highest BCUT2D eigenvalue weighted by Gasteiger charge is 2.28. The van der Waals surface area contributed by atoms with E-state index in [-0.39, 0.29) is 5.63 Å². The number of hydrogen-bond acceptors (Lipinski definition) is 2. The monoisotopic (exact) mass is 378 g/mol. The Morgan fingerprint density at radius 3 is 2.61 bits per heavy atom. The summed E-state index contributed by atoms with van der Waals surface area (Å²) < 4.78 is 5.45.